The van der Waals surface area contributed by atoms with Gasteiger partial charge < -0.3 is 10.6 Å². The average Bonchev–Trinajstić information content (AvgIpc) is 2.28. The molecule has 0 amide bonds. The fraction of sp³-hybridized carbons (Fsp3) is 0.667. The van der Waals surface area contributed by atoms with Gasteiger partial charge in [0.2, 0.25) is 0 Å². The lowest BCUT2D eigenvalue weighted by atomic mass is 9.91. The summed E-state index contributed by atoms with van der Waals surface area (Å²) in [5.74, 6) is 2.50. The molecule has 4 heteroatoms. The normalized spacial score (nSPS) is 25.8. The number of rotatable bonds is 2. The highest BCUT2D eigenvalue weighted by Crippen LogP contribution is 2.26. The zero-order chi connectivity index (χ0) is 11.5. The van der Waals surface area contributed by atoms with Crippen molar-refractivity contribution in [2.75, 3.05) is 18.0 Å². The fourth-order valence-corrected chi connectivity index (χ4v) is 2.50. The predicted octanol–water partition coefficient (Wildman–Crippen LogP) is 1.35. The second-order valence-electron chi connectivity index (χ2n) is 4.58. The third kappa shape index (κ3) is 2.16. The number of nitrogens with zero attached hydrogens (tertiary/aromatic N) is 3. The summed E-state index contributed by atoms with van der Waals surface area (Å²) < 4.78 is 0. The van der Waals surface area contributed by atoms with Crippen LogP contribution in [0.5, 0.6) is 0 Å². The Morgan fingerprint density at radius 2 is 2.38 bits per heavy atom. The topological polar surface area (TPSA) is 55.0 Å². The van der Waals surface area contributed by atoms with Crippen molar-refractivity contribution in [2.24, 2.45) is 11.7 Å². The maximum atomic E-state index is 5.87. The molecule has 88 valence electrons. The number of aryl methyl sites for hydroxylation is 1. The molecule has 2 heterocycles. The van der Waals surface area contributed by atoms with Crippen LogP contribution in [-0.2, 0) is 0 Å². The molecule has 0 aromatic carbocycles. The molecular formula is C12H20N4. The smallest absolute Gasteiger partial charge is 0.132 e. The van der Waals surface area contributed by atoms with E-state index in [2.05, 4.69) is 21.8 Å². The summed E-state index contributed by atoms with van der Waals surface area (Å²) in [5, 5.41) is 0. The van der Waals surface area contributed by atoms with Crippen LogP contribution in [0, 0.1) is 12.8 Å². The van der Waals surface area contributed by atoms with Crippen molar-refractivity contribution in [3.63, 3.8) is 0 Å². The van der Waals surface area contributed by atoms with Crippen LogP contribution in [0.4, 0.5) is 5.82 Å². The standard InChI is InChI=1S/C12H20N4/c1-9-4-3-7-16(11(9)8-13)12-5-6-14-10(2)15-12/h5-6,9,11H,3-4,7-8,13H2,1-2H3. The SMILES string of the molecule is Cc1nccc(N2CCCC(C)C2CN)n1. The van der Waals surface area contributed by atoms with E-state index in [1.54, 1.807) is 0 Å². The third-order valence-corrected chi connectivity index (χ3v) is 3.41. The van der Waals surface area contributed by atoms with E-state index in [4.69, 9.17) is 5.73 Å². The highest BCUT2D eigenvalue weighted by Gasteiger charge is 2.28. The molecule has 2 rings (SSSR count). The van der Waals surface area contributed by atoms with Crippen LogP contribution < -0.4 is 10.6 Å². The Hall–Kier alpha value is -1.16. The quantitative estimate of drug-likeness (QED) is 0.817. The molecule has 16 heavy (non-hydrogen) atoms. The summed E-state index contributed by atoms with van der Waals surface area (Å²) >= 11 is 0. The van der Waals surface area contributed by atoms with Crippen LogP contribution in [-0.4, -0.2) is 29.1 Å². The largest absolute Gasteiger partial charge is 0.352 e. The first-order chi connectivity index (χ1) is 7.72. The summed E-state index contributed by atoms with van der Waals surface area (Å²) in [6.45, 7) is 5.96. The molecule has 0 saturated carbocycles. The van der Waals surface area contributed by atoms with Gasteiger partial charge in [-0.3, -0.25) is 0 Å². The Bertz CT molecular complexity index is 353. The number of nitrogens with two attached hydrogens (primary N) is 1. The van der Waals surface area contributed by atoms with Gasteiger partial charge in [-0.25, -0.2) is 9.97 Å². The van der Waals surface area contributed by atoms with Crippen molar-refractivity contribution < 1.29 is 0 Å². The lowest BCUT2D eigenvalue weighted by Gasteiger charge is -2.40. The molecule has 1 fully saturated rings. The molecule has 4 nitrogen and oxygen atoms in total. The van der Waals surface area contributed by atoms with Crippen LogP contribution in [0.15, 0.2) is 12.3 Å². The minimum atomic E-state index is 0.419. The van der Waals surface area contributed by atoms with Gasteiger partial charge in [-0.15, -0.1) is 0 Å². The molecule has 0 bridgehead atoms. The van der Waals surface area contributed by atoms with Gasteiger partial charge in [0.05, 0.1) is 0 Å². The van der Waals surface area contributed by atoms with Gasteiger partial charge in [0.15, 0.2) is 0 Å². The van der Waals surface area contributed by atoms with Gasteiger partial charge in [-0.2, -0.15) is 0 Å². The van der Waals surface area contributed by atoms with Crippen LogP contribution in [0.3, 0.4) is 0 Å². The first kappa shape index (κ1) is 11.3. The number of hydrogen-bond acceptors (Lipinski definition) is 4. The van der Waals surface area contributed by atoms with Gasteiger partial charge in [0.1, 0.15) is 11.6 Å². The number of aromatic nitrogens is 2. The van der Waals surface area contributed by atoms with E-state index in [1.807, 2.05) is 19.2 Å². The lowest BCUT2D eigenvalue weighted by Crippen LogP contribution is -2.49. The van der Waals surface area contributed by atoms with Crippen molar-refractivity contribution >= 4 is 5.82 Å². The Labute approximate surface area is 96.9 Å². The van der Waals surface area contributed by atoms with E-state index in [0.29, 0.717) is 18.5 Å². The van der Waals surface area contributed by atoms with E-state index in [-0.39, 0.29) is 0 Å². The molecule has 1 aliphatic heterocycles. The molecule has 2 unspecified atom stereocenters. The van der Waals surface area contributed by atoms with Crippen LogP contribution in [0.25, 0.3) is 0 Å². The summed E-state index contributed by atoms with van der Waals surface area (Å²) in [5.41, 5.74) is 5.87. The molecule has 1 aliphatic rings. The Kier molecular flexibility index (Phi) is 3.39. The second kappa shape index (κ2) is 4.78. The van der Waals surface area contributed by atoms with E-state index in [1.165, 1.54) is 12.8 Å². The van der Waals surface area contributed by atoms with Gasteiger partial charge >= 0.3 is 0 Å². The van der Waals surface area contributed by atoms with Gasteiger partial charge in [0, 0.05) is 25.3 Å². The number of hydrogen-bond donors (Lipinski definition) is 1. The Morgan fingerprint density at radius 3 is 3.06 bits per heavy atom. The van der Waals surface area contributed by atoms with E-state index in [0.717, 1.165) is 18.2 Å². The Morgan fingerprint density at radius 1 is 1.56 bits per heavy atom. The minimum Gasteiger partial charge on any atom is -0.352 e. The molecule has 2 atom stereocenters. The summed E-state index contributed by atoms with van der Waals surface area (Å²) in [7, 11) is 0. The lowest BCUT2D eigenvalue weighted by molar-refractivity contribution is 0.347. The molecule has 0 spiro atoms. The van der Waals surface area contributed by atoms with Gasteiger partial charge in [-0.05, 0) is 31.7 Å². The summed E-state index contributed by atoms with van der Waals surface area (Å²) in [6, 6.07) is 2.40. The fourth-order valence-electron chi connectivity index (χ4n) is 2.50. The molecule has 0 radical (unpaired) electrons. The number of anilines is 1. The minimum absolute atomic E-state index is 0.419. The van der Waals surface area contributed by atoms with Gasteiger partial charge in [0.25, 0.3) is 0 Å². The van der Waals surface area contributed by atoms with Gasteiger partial charge in [-0.1, -0.05) is 6.92 Å². The first-order valence-electron chi connectivity index (χ1n) is 5.98. The maximum Gasteiger partial charge on any atom is 0.132 e. The predicted molar refractivity (Wildman–Crippen MR) is 65.4 cm³/mol. The molecule has 0 aliphatic carbocycles. The zero-order valence-electron chi connectivity index (χ0n) is 10.1. The second-order valence-corrected chi connectivity index (χ2v) is 4.58. The van der Waals surface area contributed by atoms with Crippen LogP contribution in [0.1, 0.15) is 25.6 Å². The van der Waals surface area contributed by atoms with E-state index >= 15 is 0 Å². The zero-order valence-corrected chi connectivity index (χ0v) is 10.1. The third-order valence-electron chi connectivity index (χ3n) is 3.41. The highest BCUT2D eigenvalue weighted by atomic mass is 15.2. The molecule has 1 aromatic heterocycles. The van der Waals surface area contributed by atoms with Crippen LogP contribution in [0.2, 0.25) is 0 Å². The number of piperidine rings is 1. The highest BCUT2D eigenvalue weighted by molar-refractivity contribution is 5.40. The van der Waals surface area contributed by atoms with Crippen molar-refractivity contribution in [3.05, 3.63) is 18.1 Å². The van der Waals surface area contributed by atoms with Crippen LogP contribution >= 0.6 is 0 Å². The maximum absolute atomic E-state index is 5.87. The molecule has 1 saturated heterocycles. The average molecular weight is 220 g/mol. The van der Waals surface area contributed by atoms with E-state index < -0.39 is 0 Å². The van der Waals surface area contributed by atoms with Crippen molar-refractivity contribution in [3.8, 4) is 0 Å². The molecule has 2 N–H and O–H groups in total. The Balaban J connectivity index is 2.24. The molecular weight excluding hydrogens is 200 g/mol. The summed E-state index contributed by atoms with van der Waals surface area (Å²) in [4.78, 5) is 11.0. The first-order valence-corrected chi connectivity index (χ1v) is 5.98. The monoisotopic (exact) mass is 220 g/mol. The summed E-state index contributed by atoms with van der Waals surface area (Å²) in [6.07, 6.45) is 4.31. The van der Waals surface area contributed by atoms with Crippen molar-refractivity contribution in [1.29, 1.82) is 0 Å². The molecule has 1 aromatic rings. The van der Waals surface area contributed by atoms with Crippen molar-refractivity contribution in [2.45, 2.75) is 32.7 Å². The van der Waals surface area contributed by atoms with E-state index in [9.17, 15) is 0 Å². The van der Waals surface area contributed by atoms with Crippen molar-refractivity contribution in [1.82, 2.24) is 9.97 Å².